The van der Waals surface area contributed by atoms with Crippen LogP contribution in [0.5, 0.6) is 0 Å². The highest BCUT2D eigenvalue weighted by molar-refractivity contribution is 5.67. The molecular weight excluding hydrogens is 242 g/mol. The van der Waals surface area contributed by atoms with Gasteiger partial charge in [0, 0.05) is 31.0 Å². The molecule has 0 atom stereocenters. The lowest BCUT2D eigenvalue weighted by Crippen LogP contribution is -2.41. The molecule has 0 aliphatic carbocycles. The Kier molecular flexibility index (Phi) is 5.61. The van der Waals surface area contributed by atoms with Gasteiger partial charge in [-0.1, -0.05) is 13.8 Å². The van der Waals surface area contributed by atoms with Crippen molar-refractivity contribution < 1.29 is 9.53 Å². The van der Waals surface area contributed by atoms with Crippen LogP contribution in [0.4, 0.5) is 4.79 Å². The van der Waals surface area contributed by atoms with Crippen LogP contribution in [0, 0.1) is 22.7 Å². The topological polar surface area (TPSA) is 56.6 Å². The molecule has 0 radical (unpaired) electrons. The normalized spacial score (nSPS) is 17.4. The number of ether oxygens (including phenoxy) is 1. The van der Waals surface area contributed by atoms with Crippen molar-refractivity contribution in [1.29, 1.82) is 5.26 Å². The van der Waals surface area contributed by atoms with Crippen molar-refractivity contribution in [1.82, 2.24) is 9.80 Å². The summed E-state index contributed by atoms with van der Waals surface area (Å²) < 4.78 is 5.39. The van der Waals surface area contributed by atoms with E-state index in [1.165, 1.54) is 0 Å². The van der Waals surface area contributed by atoms with Crippen LogP contribution in [-0.2, 0) is 4.74 Å². The molecule has 0 bridgehead atoms. The average Bonchev–Trinajstić information content (AvgIpc) is 2.34. The third-order valence-corrected chi connectivity index (χ3v) is 3.27. The molecule has 0 aromatic carbocycles. The van der Waals surface area contributed by atoms with Crippen LogP contribution >= 0.6 is 0 Å². The summed E-state index contributed by atoms with van der Waals surface area (Å²) >= 11 is 0. The summed E-state index contributed by atoms with van der Waals surface area (Å²) in [6.07, 6.45) is 1.27. The van der Waals surface area contributed by atoms with Crippen LogP contribution < -0.4 is 0 Å². The van der Waals surface area contributed by atoms with E-state index in [1.807, 2.05) is 14.1 Å². The maximum atomic E-state index is 11.9. The number of amides is 1. The van der Waals surface area contributed by atoms with Crippen molar-refractivity contribution in [3.05, 3.63) is 0 Å². The first kappa shape index (κ1) is 15.8. The van der Waals surface area contributed by atoms with Crippen molar-refractivity contribution >= 4 is 6.09 Å². The van der Waals surface area contributed by atoms with Crippen molar-refractivity contribution in [3.8, 4) is 6.07 Å². The fourth-order valence-electron chi connectivity index (χ4n) is 2.44. The maximum absolute atomic E-state index is 11.9. The van der Waals surface area contributed by atoms with E-state index in [0.29, 0.717) is 19.7 Å². The molecule has 0 aromatic rings. The van der Waals surface area contributed by atoms with E-state index in [4.69, 9.17) is 10.00 Å². The molecule has 108 valence electrons. The van der Waals surface area contributed by atoms with Crippen LogP contribution in [-0.4, -0.2) is 56.2 Å². The molecule has 1 heterocycles. The summed E-state index contributed by atoms with van der Waals surface area (Å²) in [4.78, 5) is 15.7. The van der Waals surface area contributed by atoms with E-state index < -0.39 is 0 Å². The molecule has 19 heavy (non-hydrogen) atoms. The number of nitriles is 1. The third kappa shape index (κ3) is 5.48. The first-order valence-corrected chi connectivity index (χ1v) is 6.80. The van der Waals surface area contributed by atoms with Crippen molar-refractivity contribution in [2.75, 3.05) is 40.3 Å². The minimum absolute atomic E-state index is 0.0515. The van der Waals surface area contributed by atoms with Gasteiger partial charge in [0.15, 0.2) is 0 Å². The Morgan fingerprint density at radius 1 is 1.42 bits per heavy atom. The molecule has 1 saturated heterocycles. The Balaban J connectivity index is 2.34. The van der Waals surface area contributed by atoms with Gasteiger partial charge in [0.25, 0.3) is 0 Å². The van der Waals surface area contributed by atoms with Gasteiger partial charge in [-0.3, -0.25) is 0 Å². The van der Waals surface area contributed by atoms with Crippen LogP contribution in [0.1, 0.15) is 26.7 Å². The molecule has 5 nitrogen and oxygen atoms in total. The van der Waals surface area contributed by atoms with E-state index in [0.717, 1.165) is 19.4 Å². The highest BCUT2D eigenvalue weighted by Crippen LogP contribution is 2.19. The lowest BCUT2D eigenvalue weighted by atomic mass is 9.94. The average molecular weight is 267 g/mol. The first-order chi connectivity index (χ1) is 8.84. The van der Waals surface area contributed by atoms with Gasteiger partial charge < -0.3 is 14.5 Å². The van der Waals surface area contributed by atoms with Crippen LogP contribution in [0.25, 0.3) is 0 Å². The number of likely N-dealkylation sites (tertiary alicyclic amines) is 1. The summed E-state index contributed by atoms with van der Waals surface area (Å²) in [6.45, 7) is 6.72. The second kappa shape index (κ2) is 6.76. The summed E-state index contributed by atoms with van der Waals surface area (Å²) in [7, 11) is 4.02. The fraction of sp³-hybridized carbons (Fsp3) is 0.857. The van der Waals surface area contributed by atoms with Gasteiger partial charge in [0.2, 0.25) is 0 Å². The molecule has 1 fully saturated rings. The Morgan fingerprint density at radius 3 is 2.47 bits per heavy atom. The Labute approximate surface area is 116 Å². The molecule has 0 spiro atoms. The molecule has 0 aromatic heterocycles. The van der Waals surface area contributed by atoms with E-state index in [1.54, 1.807) is 4.90 Å². The van der Waals surface area contributed by atoms with Crippen molar-refractivity contribution in [2.45, 2.75) is 26.7 Å². The van der Waals surface area contributed by atoms with E-state index in [2.05, 4.69) is 24.8 Å². The smallest absolute Gasteiger partial charge is 0.409 e. The fourth-order valence-corrected chi connectivity index (χ4v) is 2.44. The summed E-state index contributed by atoms with van der Waals surface area (Å²) in [5.74, 6) is 0.0919. The van der Waals surface area contributed by atoms with Crippen LogP contribution in [0.2, 0.25) is 0 Å². The molecular formula is C14H25N3O2. The quantitative estimate of drug-likeness (QED) is 0.781. The van der Waals surface area contributed by atoms with Gasteiger partial charge in [-0.15, -0.1) is 0 Å². The standard InChI is InChI=1S/C14H25N3O2/c1-14(2,10-16(3)4)11-19-13(18)17-7-5-12(9-15)6-8-17/h12H,5-8,10-11H2,1-4H3. The number of nitrogens with zero attached hydrogens (tertiary/aromatic N) is 3. The SMILES string of the molecule is CN(C)CC(C)(C)COC(=O)N1CCC(C#N)CC1. The predicted octanol–water partition coefficient (Wildman–Crippen LogP) is 1.95. The zero-order valence-corrected chi connectivity index (χ0v) is 12.5. The Morgan fingerprint density at radius 2 is 2.00 bits per heavy atom. The molecule has 0 saturated carbocycles. The monoisotopic (exact) mass is 267 g/mol. The molecule has 0 unspecified atom stereocenters. The molecule has 1 amide bonds. The van der Waals surface area contributed by atoms with E-state index >= 15 is 0 Å². The lowest BCUT2D eigenvalue weighted by molar-refractivity contribution is 0.0512. The van der Waals surface area contributed by atoms with Crippen molar-refractivity contribution in [3.63, 3.8) is 0 Å². The number of carbonyl (C=O) groups is 1. The lowest BCUT2D eigenvalue weighted by Gasteiger charge is -2.31. The van der Waals surface area contributed by atoms with E-state index in [-0.39, 0.29) is 17.4 Å². The molecule has 1 rings (SSSR count). The summed E-state index contributed by atoms with van der Waals surface area (Å²) in [6, 6.07) is 2.26. The van der Waals surface area contributed by atoms with Gasteiger partial charge in [0.1, 0.15) is 0 Å². The molecule has 0 N–H and O–H groups in total. The maximum Gasteiger partial charge on any atom is 0.409 e. The summed E-state index contributed by atoms with van der Waals surface area (Å²) in [5, 5.41) is 8.82. The second-order valence-corrected chi connectivity index (χ2v) is 6.35. The number of carbonyl (C=O) groups excluding carboxylic acids is 1. The number of hydrogen-bond acceptors (Lipinski definition) is 4. The zero-order chi connectivity index (χ0) is 14.5. The highest BCUT2D eigenvalue weighted by Gasteiger charge is 2.26. The predicted molar refractivity (Wildman–Crippen MR) is 73.6 cm³/mol. The minimum atomic E-state index is -0.247. The van der Waals surface area contributed by atoms with Crippen LogP contribution in [0.15, 0.2) is 0 Å². The second-order valence-electron chi connectivity index (χ2n) is 6.35. The van der Waals surface area contributed by atoms with Gasteiger partial charge in [0.05, 0.1) is 12.7 Å². The van der Waals surface area contributed by atoms with E-state index in [9.17, 15) is 4.79 Å². The number of piperidine rings is 1. The zero-order valence-electron chi connectivity index (χ0n) is 12.5. The largest absolute Gasteiger partial charge is 0.449 e. The molecule has 1 aliphatic rings. The van der Waals surface area contributed by atoms with Crippen molar-refractivity contribution in [2.24, 2.45) is 11.3 Å². The Hall–Kier alpha value is -1.28. The van der Waals surface area contributed by atoms with Gasteiger partial charge in [-0.25, -0.2) is 4.79 Å². The number of rotatable bonds is 4. The van der Waals surface area contributed by atoms with Gasteiger partial charge in [-0.2, -0.15) is 5.26 Å². The number of hydrogen-bond donors (Lipinski definition) is 0. The van der Waals surface area contributed by atoms with Gasteiger partial charge >= 0.3 is 6.09 Å². The molecule has 1 aliphatic heterocycles. The first-order valence-electron chi connectivity index (χ1n) is 6.80. The van der Waals surface area contributed by atoms with Gasteiger partial charge in [-0.05, 0) is 26.9 Å². The third-order valence-electron chi connectivity index (χ3n) is 3.27. The van der Waals surface area contributed by atoms with Crippen LogP contribution in [0.3, 0.4) is 0 Å². The highest BCUT2D eigenvalue weighted by atomic mass is 16.6. The summed E-state index contributed by atoms with van der Waals surface area (Å²) in [5.41, 5.74) is -0.0515. The minimum Gasteiger partial charge on any atom is -0.449 e. The molecule has 5 heteroatoms. The Bertz CT molecular complexity index is 339.